The molecule has 4 nitrogen and oxygen atoms in total. The Morgan fingerprint density at radius 2 is 1.71 bits per heavy atom. The van der Waals surface area contributed by atoms with Crippen molar-refractivity contribution in [2.24, 2.45) is 0 Å². The molecule has 3 aromatic rings. The van der Waals surface area contributed by atoms with Gasteiger partial charge in [-0.3, -0.25) is 9.97 Å². The number of rotatable bonds is 5. The smallest absolute Gasteiger partial charge is 0.0907 e. The minimum atomic E-state index is 0.626. The van der Waals surface area contributed by atoms with Crippen molar-refractivity contribution in [2.45, 2.75) is 13.2 Å². The zero-order valence-electron chi connectivity index (χ0n) is 11.9. The molecule has 1 heterocycles. The SMILES string of the molecule is COCc1ccccc1CNc1ccc2nccnc2c1. The summed E-state index contributed by atoms with van der Waals surface area (Å²) in [6, 6.07) is 14.3. The van der Waals surface area contributed by atoms with Crippen molar-refractivity contribution in [3.8, 4) is 0 Å². The van der Waals surface area contributed by atoms with Crippen LogP contribution in [0.2, 0.25) is 0 Å². The number of ether oxygens (including phenoxy) is 1. The lowest BCUT2D eigenvalue weighted by Gasteiger charge is -2.11. The van der Waals surface area contributed by atoms with E-state index in [0.717, 1.165) is 23.3 Å². The molecule has 0 unspecified atom stereocenters. The summed E-state index contributed by atoms with van der Waals surface area (Å²) in [4.78, 5) is 8.59. The normalized spacial score (nSPS) is 10.7. The van der Waals surface area contributed by atoms with Gasteiger partial charge < -0.3 is 10.1 Å². The Morgan fingerprint density at radius 1 is 0.952 bits per heavy atom. The van der Waals surface area contributed by atoms with Gasteiger partial charge in [-0.05, 0) is 29.3 Å². The molecular formula is C17H17N3O. The monoisotopic (exact) mass is 279 g/mol. The number of fused-ring (bicyclic) bond motifs is 1. The van der Waals surface area contributed by atoms with Crippen molar-refractivity contribution < 1.29 is 4.74 Å². The van der Waals surface area contributed by atoms with Crippen LogP contribution >= 0.6 is 0 Å². The summed E-state index contributed by atoms with van der Waals surface area (Å²) >= 11 is 0. The van der Waals surface area contributed by atoms with E-state index in [9.17, 15) is 0 Å². The summed E-state index contributed by atoms with van der Waals surface area (Å²) in [7, 11) is 1.71. The second-order valence-electron chi connectivity index (χ2n) is 4.82. The molecular weight excluding hydrogens is 262 g/mol. The molecule has 4 heteroatoms. The van der Waals surface area contributed by atoms with E-state index in [-0.39, 0.29) is 0 Å². The summed E-state index contributed by atoms with van der Waals surface area (Å²) in [5, 5.41) is 3.43. The van der Waals surface area contributed by atoms with Crippen LogP contribution in [0.15, 0.2) is 54.9 Å². The van der Waals surface area contributed by atoms with Gasteiger partial charge in [-0.1, -0.05) is 24.3 Å². The second kappa shape index (κ2) is 6.33. The number of benzene rings is 2. The predicted molar refractivity (Wildman–Crippen MR) is 84.0 cm³/mol. The average molecular weight is 279 g/mol. The standard InChI is InChI=1S/C17H17N3O/c1-21-12-14-5-3-2-4-13(14)11-20-15-6-7-16-17(10-15)19-9-8-18-16/h2-10,20H,11-12H2,1H3. The lowest BCUT2D eigenvalue weighted by atomic mass is 10.1. The average Bonchev–Trinajstić information content (AvgIpc) is 2.54. The van der Waals surface area contributed by atoms with E-state index in [2.05, 4.69) is 27.4 Å². The first-order valence-electron chi connectivity index (χ1n) is 6.87. The van der Waals surface area contributed by atoms with Crippen LogP contribution in [0.4, 0.5) is 5.69 Å². The van der Waals surface area contributed by atoms with Gasteiger partial charge in [0.1, 0.15) is 0 Å². The number of hydrogen-bond acceptors (Lipinski definition) is 4. The Kier molecular flexibility index (Phi) is 4.07. The lowest BCUT2D eigenvalue weighted by molar-refractivity contribution is 0.184. The first-order chi connectivity index (χ1) is 10.4. The van der Waals surface area contributed by atoms with Gasteiger partial charge in [0.2, 0.25) is 0 Å². The molecule has 0 bridgehead atoms. The van der Waals surface area contributed by atoms with Crippen LogP contribution in [0.3, 0.4) is 0 Å². The van der Waals surface area contributed by atoms with Gasteiger partial charge in [-0.25, -0.2) is 0 Å². The Labute approximate surface area is 123 Å². The van der Waals surface area contributed by atoms with E-state index in [4.69, 9.17) is 4.74 Å². The van der Waals surface area contributed by atoms with E-state index in [0.29, 0.717) is 6.61 Å². The van der Waals surface area contributed by atoms with E-state index in [1.807, 2.05) is 30.3 Å². The predicted octanol–water partition coefficient (Wildman–Crippen LogP) is 3.39. The number of aromatic nitrogens is 2. The zero-order valence-corrected chi connectivity index (χ0v) is 11.9. The van der Waals surface area contributed by atoms with E-state index in [1.165, 1.54) is 11.1 Å². The highest BCUT2D eigenvalue weighted by Crippen LogP contribution is 2.17. The quantitative estimate of drug-likeness (QED) is 0.777. The summed E-state index contributed by atoms with van der Waals surface area (Å²) in [5.41, 5.74) is 5.28. The number of nitrogens with zero attached hydrogens (tertiary/aromatic N) is 2. The fourth-order valence-electron chi connectivity index (χ4n) is 2.30. The Morgan fingerprint density at radius 3 is 2.52 bits per heavy atom. The molecule has 0 atom stereocenters. The van der Waals surface area contributed by atoms with E-state index < -0.39 is 0 Å². The fourth-order valence-corrected chi connectivity index (χ4v) is 2.30. The number of anilines is 1. The van der Waals surface area contributed by atoms with Gasteiger partial charge in [0.05, 0.1) is 17.6 Å². The fraction of sp³-hybridized carbons (Fsp3) is 0.176. The molecule has 2 aromatic carbocycles. The highest BCUT2D eigenvalue weighted by atomic mass is 16.5. The molecule has 106 valence electrons. The first kappa shape index (κ1) is 13.5. The maximum atomic E-state index is 5.23. The minimum Gasteiger partial charge on any atom is -0.381 e. The molecule has 0 radical (unpaired) electrons. The molecule has 1 N–H and O–H groups in total. The van der Waals surface area contributed by atoms with E-state index >= 15 is 0 Å². The molecule has 21 heavy (non-hydrogen) atoms. The molecule has 1 aromatic heterocycles. The molecule has 0 amide bonds. The third-order valence-corrected chi connectivity index (χ3v) is 3.37. The highest BCUT2D eigenvalue weighted by Gasteiger charge is 2.02. The Hall–Kier alpha value is -2.46. The van der Waals surface area contributed by atoms with Gasteiger partial charge >= 0.3 is 0 Å². The van der Waals surface area contributed by atoms with Gasteiger partial charge in [-0.2, -0.15) is 0 Å². The van der Waals surface area contributed by atoms with Gasteiger partial charge in [0.25, 0.3) is 0 Å². The number of nitrogens with one attached hydrogen (secondary N) is 1. The van der Waals surface area contributed by atoms with Crippen LogP contribution in [-0.4, -0.2) is 17.1 Å². The third-order valence-electron chi connectivity index (χ3n) is 3.37. The maximum Gasteiger partial charge on any atom is 0.0907 e. The van der Waals surface area contributed by atoms with Crippen LogP contribution in [0, 0.1) is 0 Å². The van der Waals surface area contributed by atoms with Crippen LogP contribution in [0.5, 0.6) is 0 Å². The van der Waals surface area contributed by atoms with Crippen LogP contribution in [0.25, 0.3) is 11.0 Å². The maximum absolute atomic E-state index is 5.23. The largest absolute Gasteiger partial charge is 0.381 e. The molecule has 0 aliphatic carbocycles. The number of methoxy groups -OCH3 is 1. The lowest BCUT2D eigenvalue weighted by Crippen LogP contribution is -2.03. The number of hydrogen-bond donors (Lipinski definition) is 1. The molecule has 3 rings (SSSR count). The molecule has 0 saturated carbocycles. The second-order valence-corrected chi connectivity index (χ2v) is 4.82. The zero-order chi connectivity index (χ0) is 14.5. The third kappa shape index (κ3) is 3.17. The molecule has 0 aliphatic heterocycles. The summed E-state index contributed by atoms with van der Waals surface area (Å²) in [6.07, 6.45) is 3.41. The summed E-state index contributed by atoms with van der Waals surface area (Å²) in [5.74, 6) is 0. The van der Waals surface area contributed by atoms with Crippen LogP contribution < -0.4 is 5.32 Å². The summed E-state index contributed by atoms with van der Waals surface area (Å²) in [6.45, 7) is 1.38. The van der Waals surface area contributed by atoms with Gasteiger partial charge in [-0.15, -0.1) is 0 Å². The topological polar surface area (TPSA) is 47.0 Å². The molecule has 0 saturated heterocycles. The van der Waals surface area contributed by atoms with Gasteiger partial charge in [0, 0.05) is 31.7 Å². The molecule has 0 fully saturated rings. The van der Waals surface area contributed by atoms with Crippen molar-refractivity contribution >= 4 is 16.7 Å². The van der Waals surface area contributed by atoms with Gasteiger partial charge in [0.15, 0.2) is 0 Å². The van der Waals surface area contributed by atoms with Crippen LogP contribution in [0.1, 0.15) is 11.1 Å². The van der Waals surface area contributed by atoms with Crippen molar-refractivity contribution in [3.63, 3.8) is 0 Å². The minimum absolute atomic E-state index is 0.626. The van der Waals surface area contributed by atoms with E-state index in [1.54, 1.807) is 19.5 Å². The highest BCUT2D eigenvalue weighted by molar-refractivity contribution is 5.78. The summed E-state index contributed by atoms with van der Waals surface area (Å²) < 4.78 is 5.23. The Balaban J connectivity index is 1.77. The van der Waals surface area contributed by atoms with Crippen molar-refractivity contribution in [3.05, 3.63) is 66.0 Å². The Bertz CT molecular complexity index is 743. The van der Waals surface area contributed by atoms with Crippen molar-refractivity contribution in [1.82, 2.24) is 9.97 Å². The first-order valence-corrected chi connectivity index (χ1v) is 6.87. The van der Waals surface area contributed by atoms with Crippen LogP contribution in [-0.2, 0) is 17.9 Å². The van der Waals surface area contributed by atoms with Crippen molar-refractivity contribution in [1.29, 1.82) is 0 Å². The molecule has 0 aliphatic rings. The van der Waals surface area contributed by atoms with Crippen molar-refractivity contribution in [2.75, 3.05) is 12.4 Å². The molecule has 0 spiro atoms.